The molecule has 0 saturated carbocycles. The van der Waals surface area contributed by atoms with Crippen LogP contribution in [0, 0.1) is 4.77 Å². The van der Waals surface area contributed by atoms with E-state index in [0.717, 1.165) is 17.3 Å². The summed E-state index contributed by atoms with van der Waals surface area (Å²) < 4.78 is 2.88. The predicted octanol–water partition coefficient (Wildman–Crippen LogP) is 3.68. The summed E-state index contributed by atoms with van der Waals surface area (Å²) in [6, 6.07) is 0.960. The maximum Gasteiger partial charge on any atom is 0.226 e. The molecule has 4 nitrogen and oxygen atoms in total. The van der Waals surface area contributed by atoms with Gasteiger partial charge in [-0.2, -0.15) is 0 Å². The second-order valence-electron chi connectivity index (χ2n) is 5.40. The SMILES string of the molecule is CCC1CCCCCN1c1n[nH]c(=S)n1C(C)C. The molecule has 1 aromatic heterocycles. The van der Waals surface area contributed by atoms with Crippen LogP contribution >= 0.6 is 12.2 Å². The number of rotatable bonds is 3. The van der Waals surface area contributed by atoms with E-state index in [9.17, 15) is 0 Å². The van der Waals surface area contributed by atoms with E-state index in [1.807, 2.05) is 0 Å². The fraction of sp³-hybridized carbons (Fsp3) is 0.846. The number of hydrogen-bond donors (Lipinski definition) is 1. The fourth-order valence-electron chi connectivity index (χ4n) is 2.83. The Labute approximate surface area is 114 Å². The summed E-state index contributed by atoms with van der Waals surface area (Å²) in [6.45, 7) is 7.69. The third-order valence-corrected chi connectivity index (χ3v) is 4.10. The van der Waals surface area contributed by atoms with Crippen LogP contribution in [0.25, 0.3) is 0 Å². The van der Waals surface area contributed by atoms with Gasteiger partial charge in [0, 0.05) is 18.6 Å². The van der Waals surface area contributed by atoms with Gasteiger partial charge in [0.05, 0.1) is 0 Å². The highest BCUT2D eigenvalue weighted by Gasteiger charge is 2.24. The topological polar surface area (TPSA) is 36.9 Å². The van der Waals surface area contributed by atoms with E-state index in [1.54, 1.807) is 0 Å². The van der Waals surface area contributed by atoms with Crippen molar-refractivity contribution in [2.24, 2.45) is 0 Å². The Kier molecular flexibility index (Phi) is 4.43. The van der Waals surface area contributed by atoms with Crippen molar-refractivity contribution in [2.75, 3.05) is 11.4 Å². The average Bonchev–Trinajstić information content (AvgIpc) is 2.59. The molecular weight excluding hydrogens is 244 g/mol. The number of hydrogen-bond acceptors (Lipinski definition) is 3. The van der Waals surface area contributed by atoms with Crippen LogP contribution in [0.15, 0.2) is 0 Å². The summed E-state index contributed by atoms with van der Waals surface area (Å²) in [5.41, 5.74) is 0. The molecule has 5 heteroatoms. The lowest BCUT2D eigenvalue weighted by molar-refractivity contribution is 0.517. The van der Waals surface area contributed by atoms with Gasteiger partial charge < -0.3 is 4.90 Å². The quantitative estimate of drug-likeness (QED) is 0.850. The molecule has 2 rings (SSSR count). The lowest BCUT2D eigenvalue weighted by Gasteiger charge is -2.30. The Morgan fingerprint density at radius 2 is 2.17 bits per heavy atom. The maximum absolute atomic E-state index is 5.35. The first-order chi connectivity index (χ1) is 8.65. The monoisotopic (exact) mass is 268 g/mol. The number of anilines is 1. The van der Waals surface area contributed by atoms with Crippen LogP contribution in [0.1, 0.15) is 58.9 Å². The minimum Gasteiger partial charge on any atom is -0.338 e. The van der Waals surface area contributed by atoms with Crippen molar-refractivity contribution in [3.8, 4) is 0 Å². The Morgan fingerprint density at radius 3 is 2.83 bits per heavy atom. The number of nitrogens with zero attached hydrogens (tertiary/aromatic N) is 3. The normalized spacial score (nSPS) is 21.3. The van der Waals surface area contributed by atoms with E-state index in [0.29, 0.717) is 12.1 Å². The third-order valence-electron chi connectivity index (χ3n) is 3.81. The van der Waals surface area contributed by atoms with Crippen molar-refractivity contribution < 1.29 is 0 Å². The molecule has 0 aromatic carbocycles. The van der Waals surface area contributed by atoms with Crippen LogP contribution in [-0.4, -0.2) is 27.4 Å². The molecule has 1 atom stereocenters. The highest BCUT2D eigenvalue weighted by molar-refractivity contribution is 7.71. The Balaban J connectivity index is 2.36. The van der Waals surface area contributed by atoms with Crippen molar-refractivity contribution in [3.63, 3.8) is 0 Å². The van der Waals surface area contributed by atoms with Gasteiger partial charge in [-0.15, -0.1) is 5.10 Å². The van der Waals surface area contributed by atoms with Crippen molar-refractivity contribution in [3.05, 3.63) is 4.77 Å². The average molecular weight is 268 g/mol. The molecule has 1 N–H and O–H groups in total. The van der Waals surface area contributed by atoms with E-state index < -0.39 is 0 Å². The smallest absolute Gasteiger partial charge is 0.226 e. The summed E-state index contributed by atoms with van der Waals surface area (Å²) in [4.78, 5) is 2.46. The van der Waals surface area contributed by atoms with Crippen LogP contribution in [0.3, 0.4) is 0 Å². The summed E-state index contributed by atoms with van der Waals surface area (Å²) in [5.74, 6) is 1.03. The van der Waals surface area contributed by atoms with Crippen molar-refractivity contribution in [1.29, 1.82) is 0 Å². The zero-order chi connectivity index (χ0) is 13.1. The maximum atomic E-state index is 5.35. The van der Waals surface area contributed by atoms with Gasteiger partial charge in [-0.05, 0) is 45.3 Å². The highest BCUT2D eigenvalue weighted by atomic mass is 32.1. The van der Waals surface area contributed by atoms with Gasteiger partial charge >= 0.3 is 0 Å². The van der Waals surface area contributed by atoms with E-state index in [4.69, 9.17) is 12.2 Å². The Morgan fingerprint density at radius 1 is 1.39 bits per heavy atom. The standard InChI is InChI=1S/C13H24N4S/c1-4-11-8-6-5-7-9-16(11)12-14-15-13(18)17(12)10(2)3/h10-11H,4-9H2,1-3H3,(H,15,18). The third kappa shape index (κ3) is 2.60. The fourth-order valence-corrected chi connectivity index (χ4v) is 3.17. The van der Waals surface area contributed by atoms with Gasteiger partial charge in [0.15, 0.2) is 4.77 Å². The molecule has 0 bridgehead atoms. The molecule has 0 amide bonds. The molecule has 18 heavy (non-hydrogen) atoms. The summed E-state index contributed by atoms with van der Waals surface area (Å²) in [6.07, 6.45) is 6.38. The Bertz CT molecular complexity index is 434. The summed E-state index contributed by atoms with van der Waals surface area (Å²) >= 11 is 5.35. The first kappa shape index (κ1) is 13.6. The molecule has 0 radical (unpaired) electrons. The van der Waals surface area contributed by atoms with Crippen molar-refractivity contribution >= 4 is 18.2 Å². The summed E-state index contributed by atoms with van der Waals surface area (Å²) in [7, 11) is 0. The van der Waals surface area contributed by atoms with Gasteiger partial charge in [0.25, 0.3) is 0 Å². The molecule has 0 spiro atoms. The molecule has 1 saturated heterocycles. The van der Waals surface area contributed by atoms with Gasteiger partial charge in [0.1, 0.15) is 0 Å². The molecule has 1 fully saturated rings. The second-order valence-corrected chi connectivity index (χ2v) is 5.78. The number of aromatic nitrogens is 3. The number of nitrogens with one attached hydrogen (secondary N) is 1. The van der Waals surface area contributed by atoms with Crippen LogP contribution in [0.4, 0.5) is 5.95 Å². The van der Waals surface area contributed by atoms with E-state index in [1.165, 1.54) is 32.1 Å². The van der Waals surface area contributed by atoms with Crippen LogP contribution in [-0.2, 0) is 0 Å². The molecule has 2 heterocycles. The lowest BCUT2D eigenvalue weighted by Crippen LogP contribution is -2.36. The highest BCUT2D eigenvalue weighted by Crippen LogP contribution is 2.26. The minimum absolute atomic E-state index is 0.354. The van der Waals surface area contributed by atoms with Crippen LogP contribution < -0.4 is 4.90 Å². The van der Waals surface area contributed by atoms with Crippen molar-refractivity contribution in [2.45, 2.75) is 65.0 Å². The van der Waals surface area contributed by atoms with Crippen LogP contribution in [0.2, 0.25) is 0 Å². The molecule has 1 aliphatic heterocycles. The molecule has 0 aliphatic carbocycles. The lowest BCUT2D eigenvalue weighted by atomic mass is 10.1. The zero-order valence-electron chi connectivity index (χ0n) is 11.6. The van der Waals surface area contributed by atoms with E-state index in [2.05, 4.69) is 40.4 Å². The molecule has 1 aliphatic rings. The van der Waals surface area contributed by atoms with E-state index >= 15 is 0 Å². The number of aromatic amines is 1. The van der Waals surface area contributed by atoms with E-state index in [-0.39, 0.29) is 0 Å². The van der Waals surface area contributed by atoms with Crippen molar-refractivity contribution in [1.82, 2.24) is 14.8 Å². The Hall–Kier alpha value is -0.840. The summed E-state index contributed by atoms with van der Waals surface area (Å²) in [5, 5.41) is 7.43. The van der Waals surface area contributed by atoms with Gasteiger partial charge in [-0.25, -0.2) is 5.10 Å². The number of H-pyrrole nitrogens is 1. The molecule has 1 unspecified atom stereocenters. The van der Waals surface area contributed by atoms with Gasteiger partial charge in [-0.1, -0.05) is 19.8 Å². The molecular formula is C13H24N4S. The minimum atomic E-state index is 0.354. The second kappa shape index (κ2) is 5.87. The first-order valence-electron chi connectivity index (χ1n) is 7.08. The zero-order valence-corrected chi connectivity index (χ0v) is 12.5. The molecule has 1 aromatic rings. The predicted molar refractivity (Wildman–Crippen MR) is 77.7 cm³/mol. The van der Waals surface area contributed by atoms with Gasteiger partial charge in [0.2, 0.25) is 5.95 Å². The largest absolute Gasteiger partial charge is 0.338 e. The molecule has 102 valence electrons. The first-order valence-corrected chi connectivity index (χ1v) is 7.49. The van der Waals surface area contributed by atoms with Gasteiger partial charge in [-0.3, -0.25) is 4.57 Å². The van der Waals surface area contributed by atoms with Crippen LogP contribution in [0.5, 0.6) is 0 Å².